The second-order valence-corrected chi connectivity index (χ2v) is 8.11. The Morgan fingerprint density at radius 1 is 1.00 bits per heavy atom. The molecule has 0 aromatic heterocycles. The van der Waals surface area contributed by atoms with E-state index in [0.29, 0.717) is 24.8 Å². The Hall–Kier alpha value is -2.12. The van der Waals surface area contributed by atoms with Crippen molar-refractivity contribution in [3.63, 3.8) is 0 Å². The van der Waals surface area contributed by atoms with Gasteiger partial charge < -0.3 is 14.4 Å². The summed E-state index contributed by atoms with van der Waals surface area (Å²) in [5.41, 5.74) is 8.84. The molecule has 0 radical (unpaired) electrons. The van der Waals surface area contributed by atoms with E-state index in [2.05, 4.69) is 23.0 Å². The van der Waals surface area contributed by atoms with Crippen LogP contribution in [0.1, 0.15) is 36.6 Å². The molecule has 4 atom stereocenters. The minimum absolute atomic E-state index is 0.00225. The summed E-state index contributed by atoms with van der Waals surface area (Å²) in [6, 6.07) is 15.6. The number of fused-ring (bicyclic) bond motifs is 1. The van der Waals surface area contributed by atoms with Crippen LogP contribution in [0.3, 0.4) is 0 Å². The van der Waals surface area contributed by atoms with Gasteiger partial charge in [-0.3, -0.25) is 4.79 Å². The van der Waals surface area contributed by atoms with Gasteiger partial charge in [0.15, 0.2) is 0 Å². The number of benzene rings is 2. The van der Waals surface area contributed by atoms with Crippen LogP contribution in [-0.4, -0.2) is 43.7 Å². The summed E-state index contributed by atoms with van der Waals surface area (Å²) < 4.78 is 10.8. The standard InChI is InChI=1S/C23H28ClN3O3/c1-3-30-14-4-13-27-22(16-5-9-17(24)10-6-16)19-20(25-26-21(19)23(27)28)15-7-11-18(29-2)12-8-15/h5-12,19-22,25-26H,3-4,13-14H2,1-2H3. The molecule has 2 aliphatic rings. The first kappa shape index (κ1) is 21.1. The summed E-state index contributed by atoms with van der Waals surface area (Å²) in [5, 5.41) is 0.692. The van der Waals surface area contributed by atoms with E-state index in [-0.39, 0.29) is 30.0 Å². The lowest BCUT2D eigenvalue weighted by atomic mass is 9.83. The molecule has 160 valence electrons. The van der Waals surface area contributed by atoms with Crippen molar-refractivity contribution in [1.82, 2.24) is 15.8 Å². The van der Waals surface area contributed by atoms with Crippen molar-refractivity contribution in [2.75, 3.05) is 26.9 Å². The number of ether oxygens (including phenoxy) is 2. The molecule has 0 aliphatic carbocycles. The molecule has 0 bridgehead atoms. The lowest BCUT2D eigenvalue weighted by Crippen LogP contribution is -2.41. The van der Waals surface area contributed by atoms with Crippen molar-refractivity contribution in [3.8, 4) is 5.75 Å². The van der Waals surface area contributed by atoms with Crippen molar-refractivity contribution in [2.24, 2.45) is 5.92 Å². The Morgan fingerprint density at radius 2 is 1.67 bits per heavy atom. The quantitative estimate of drug-likeness (QED) is 0.629. The van der Waals surface area contributed by atoms with Gasteiger partial charge in [-0.15, -0.1) is 0 Å². The monoisotopic (exact) mass is 429 g/mol. The third-order valence-corrected chi connectivity index (χ3v) is 6.24. The van der Waals surface area contributed by atoms with Gasteiger partial charge in [0, 0.05) is 30.7 Å². The maximum atomic E-state index is 13.3. The predicted molar refractivity (Wildman–Crippen MR) is 116 cm³/mol. The van der Waals surface area contributed by atoms with Crippen molar-refractivity contribution in [1.29, 1.82) is 0 Å². The molecule has 0 saturated carbocycles. The smallest absolute Gasteiger partial charge is 0.242 e. The summed E-state index contributed by atoms with van der Waals surface area (Å²) >= 11 is 6.13. The number of halogens is 1. The van der Waals surface area contributed by atoms with Crippen LogP contribution in [0.2, 0.25) is 5.02 Å². The van der Waals surface area contributed by atoms with Gasteiger partial charge in [-0.05, 0) is 48.7 Å². The molecule has 4 rings (SSSR count). The molecule has 30 heavy (non-hydrogen) atoms. The third kappa shape index (κ3) is 4.05. The number of hydrogen-bond acceptors (Lipinski definition) is 5. The first-order valence-electron chi connectivity index (χ1n) is 10.4. The Kier molecular flexibility index (Phi) is 6.58. The summed E-state index contributed by atoms with van der Waals surface area (Å²) in [7, 11) is 1.66. The first-order chi connectivity index (χ1) is 14.6. The lowest BCUT2D eigenvalue weighted by molar-refractivity contribution is -0.131. The minimum atomic E-state index is -0.273. The van der Waals surface area contributed by atoms with E-state index in [1.165, 1.54) is 0 Å². The molecule has 1 amide bonds. The number of hydrogen-bond donors (Lipinski definition) is 2. The van der Waals surface area contributed by atoms with E-state index in [1.807, 2.05) is 48.2 Å². The van der Waals surface area contributed by atoms with Crippen molar-refractivity contribution in [2.45, 2.75) is 31.5 Å². The van der Waals surface area contributed by atoms with Gasteiger partial charge in [0.05, 0.1) is 19.2 Å². The maximum absolute atomic E-state index is 13.3. The highest BCUT2D eigenvalue weighted by atomic mass is 35.5. The average Bonchev–Trinajstić information content (AvgIpc) is 3.31. The van der Waals surface area contributed by atoms with E-state index in [4.69, 9.17) is 21.1 Å². The van der Waals surface area contributed by atoms with Crippen LogP contribution >= 0.6 is 11.6 Å². The van der Waals surface area contributed by atoms with Gasteiger partial charge in [-0.1, -0.05) is 35.9 Å². The van der Waals surface area contributed by atoms with Crippen LogP contribution in [0, 0.1) is 5.92 Å². The van der Waals surface area contributed by atoms with Gasteiger partial charge in [-0.25, -0.2) is 10.9 Å². The Morgan fingerprint density at radius 3 is 2.33 bits per heavy atom. The Balaban J connectivity index is 1.65. The zero-order valence-corrected chi connectivity index (χ0v) is 18.1. The molecule has 2 aromatic rings. The lowest BCUT2D eigenvalue weighted by Gasteiger charge is -2.31. The minimum Gasteiger partial charge on any atom is -0.497 e. The number of carbonyl (C=O) groups is 1. The number of likely N-dealkylation sites (tertiary alicyclic amines) is 1. The van der Waals surface area contributed by atoms with E-state index in [1.54, 1.807) is 7.11 Å². The van der Waals surface area contributed by atoms with Crippen LogP contribution in [0.15, 0.2) is 48.5 Å². The zero-order chi connectivity index (χ0) is 21.1. The van der Waals surface area contributed by atoms with E-state index >= 15 is 0 Å². The number of nitrogens with zero attached hydrogens (tertiary/aromatic N) is 1. The second-order valence-electron chi connectivity index (χ2n) is 7.67. The largest absolute Gasteiger partial charge is 0.497 e. The summed E-state index contributed by atoms with van der Waals surface area (Å²) in [4.78, 5) is 15.3. The van der Waals surface area contributed by atoms with Crippen molar-refractivity contribution < 1.29 is 14.3 Å². The molecule has 2 N–H and O–H groups in total. The van der Waals surface area contributed by atoms with Crippen LogP contribution in [0.25, 0.3) is 0 Å². The number of carbonyl (C=O) groups excluding carboxylic acids is 1. The second kappa shape index (κ2) is 9.35. The molecule has 7 heteroatoms. The van der Waals surface area contributed by atoms with Gasteiger partial charge in [0.1, 0.15) is 11.8 Å². The molecule has 2 fully saturated rings. The van der Waals surface area contributed by atoms with Crippen LogP contribution in [0.5, 0.6) is 5.75 Å². The average molecular weight is 430 g/mol. The fourth-order valence-electron chi connectivity index (χ4n) is 4.59. The van der Waals surface area contributed by atoms with Crippen LogP contribution in [-0.2, 0) is 9.53 Å². The van der Waals surface area contributed by atoms with Crippen LogP contribution < -0.4 is 15.6 Å². The SMILES string of the molecule is CCOCCCN1C(=O)C2NNC(c3ccc(OC)cc3)C2C1c1ccc(Cl)cc1. The molecule has 2 saturated heterocycles. The van der Waals surface area contributed by atoms with Gasteiger partial charge in [0.25, 0.3) is 0 Å². The number of hydrazine groups is 1. The molecular formula is C23H28ClN3O3. The third-order valence-electron chi connectivity index (χ3n) is 5.99. The van der Waals surface area contributed by atoms with Crippen molar-refractivity contribution >= 4 is 17.5 Å². The number of nitrogens with one attached hydrogen (secondary N) is 2. The predicted octanol–water partition coefficient (Wildman–Crippen LogP) is 3.49. The Bertz CT molecular complexity index is 859. The highest BCUT2D eigenvalue weighted by Crippen LogP contribution is 2.47. The summed E-state index contributed by atoms with van der Waals surface area (Å²) in [6.07, 6.45) is 0.809. The molecular weight excluding hydrogens is 402 g/mol. The maximum Gasteiger partial charge on any atom is 0.242 e. The molecule has 2 aliphatic heterocycles. The normalized spacial score (nSPS) is 25.6. The summed E-state index contributed by atoms with van der Waals surface area (Å²) in [5.74, 6) is 0.995. The molecule has 4 unspecified atom stereocenters. The van der Waals surface area contributed by atoms with Gasteiger partial charge in [0.2, 0.25) is 5.91 Å². The van der Waals surface area contributed by atoms with Crippen LogP contribution in [0.4, 0.5) is 0 Å². The Labute approximate surface area is 182 Å². The fraction of sp³-hybridized carbons (Fsp3) is 0.435. The molecule has 2 heterocycles. The molecule has 6 nitrogen and oxygen atoms in total. The van der Waals surface area contributed by atoms with E-state index < -0.39 is 0 Å². The summed E-state index contributed by atoms with van der Waals surface area (Å²) in [6.45, 7) is 3.98. The number of rotatable bonds is 8. The highest BCUT2D eigenvalue weighted by molar-refractivity contribution is 6.30. The first-order valence-corrected chi connectivity index (χ1v) is 10.8. The van der Waals surface area contributed by atoms with Crippen molar-refractivity contribution in [3.05, 3.63) is 64.7 Å². The highest BCUT2D eigenvalue weighted by Gasteiger charge is 2.55. The molecule has 2 aromatic carbocycles. The molecule has 0 spiro atoms. The number of amides is 1. The topological polar surface area (TPSA) is 62.8 Å². The van der Waals surface area contributed by atoms with E-state index in [0.717, 1.165) is 23.3 Å². The zero-order valence-electron chi connectivity index (χ0n) is 17.3. The van der Waals surface area contributed by atoms with Gasteiger partial charge in [-0.2, -0.15) is 0 Å². The fourth-order valence-corrected chi connectivity index (χ4v) is 4.71. The van der Waals surface area contributed by atoms with E-state index in [9.17, 15) is 4.79 Å². The number of methoxy groups -OCH3 is 1. The van der Waals surface area contributed by atoms with Gasteiger partial charge >= 0.3 is 0 Å².